The molecule has 0 saturated carbocycles. The summed E-state index contributed by atoms with van der Waals surface area (Å²) in [5.74, 6) is 0. The predicted octanol–water partition coefficient (Wildman–Crippen LogP) is 3.02. The Hall–Kier alpha value is 0.0116. The van der Waals surface area contributed by atoms with Gasteiger partial charge in [0.05, 0.1) is 0 Å². The van der Waals surface area contributed by atoms with Gasteiger partial charge in [0.25, 0.3) is 0 Å². The summed E-state index contributed by atoms with van der Waals surface area (Å²) in [6, 6.07) is 8.43. The van der Waals surface area contributed by atoms with Crippen LogP contribution in [0.2, 0.25) is 0 Å². The van der Waals surface area contributed by atoms with E-state index >= 15 is 0 Å². The molecule has 1 aromatic heterocycles. The molecule has 1 aromatic carbocycles. The molecule has 1 aliphatic heterocycles. The molecule has 0 bridgehead atoms. The number of rotatable bonds is 4. The zero-order valence-corrected chi connectivity index (χ0v) is 17.6. The van der Waals surface area contributed by atoms with Gasteiger partial charge in [0.15, 0.2) is 5.13 Å². The van der Waals surface area contributed by atoms with Crippen LogP contribution < -0.4 is 4.90 Å². The van der Waals surface area contributed by atoms with E-state index in [9.17, 15) is 0 Å². The topological polar surface area (TPSA) is 43.2 Å². The van der Waals surface area contributed by atoms with Crippen LogP contribution in [0.1, 0.15) is 11.1 Å². The number of anilines is 1. The van der Waals surface area contributed by atoms with Crippen LogP contribution >= 0.6 is 11.3 Å². The Morgan fingerprint density at radius 3 is 2.29 bits per heavy atom. The maximum atomic E-state index is 7.34. The molecule has 1 fully saturated rings. The van der Waals surface area contributed by atoms with Gasteiger partial charge >= 0.3 is 0 Å². The van der Waals surface area contributed by atoms with E-state index in [1.165, 1.54) is 5.56 Å². The fourth-order valence-electron chi connectivity index (χ4n) is 2.49. The van der Waals surface area contributed by atoms with Gasteiger partial charge in [-0.15, -0.1) is 17.9 Å². The zero-order valence-electron chi connectivity index (χ0n) is 12.0. The predicted molar refractivity (Wildman–Crippen MR) is 84.1 cm³/mol. The van der Waals surface area contributed by atoms with Crippen molar-refractivity contribution < 1.29 is 44.1 Å². The SMILES string of the molecule is [Ac].[NH-]Cc1ccc(CN2CCN(c3nccs3)CC2)cc1. The Bertz CT molecular complexity index is 521. The minimum absolute atomic E-state index is 0. The summed E-state index contributed by atoms with van der Waals surface area (Å²) in [7, 11) is 0. The van der Waals surface area contributed by atoms with Gasteiger partial charge in [0, 0.05) is 88.4 Å². The first-order valence-corrected chi connectivity index (χ1v) is 7.82. The summed E-state index contributed by atoms with van der Waals surface area (Å²) < 4.78 is 0. The van der Waals surface area contributed by atoms with Gasteiger partial charge in [0.1, 0.15) is 0 Å². The second-order valence-electron chi connectivity index (χ2n) is 5.07. The van der Waals surface area contributed by atoms with Gasteiger partial charge in [-0.3, -0.25) is 4.90 Å². The van der Waals surface area contributed by atoms with Crippen LogP contribution in [0, 0.1) is 44.1 Å². The van der Waals surface area contributed by atoms with Crippen LogP contribution in [0.15, 0.2) is 35.8 Å². The molecule has 1 aliphatic rings. The third-order valence-electron chi connectivity index (χ3n) is 3.70. The smallest absolute Gasteiger partial charge is 0.185 e. The monoisotopic (exact) mass is 514 g/mol. The first-order valence-electron chi connectivity index (χ1n) is 6.94. The summed E-state index contributed by atoms with van der Waals surface area (Å²) >= 11 is 1.72. The van der Waals surface area contributed by atoms with Crippen molar-refractivity contribution in [1.29, 1.82) is 0 Å². The zero-order chi connectivity index (χ0) is 13.8. The summed E-state index contributed by atoms with van der Waals surface area (Å²) in [5, 5.41) is 3.18. The molecule has 1 radical (unpaired) electrons. The molecule has 2 heterocycles. The van der Waals surface area contributed by atoms with Gasteiger partial charge in [-0.05, 0) is 5.56 Å². The Morgan fingerprint density at radius 2 is 1.71 bits per heavy atom. The average molecular weight is 514 g/mol. The van der Waals surface area contributed by atoms with Gasteiger partial charge in [0.2, 0.25) is 0 Å². The minimum atomic E-state index is 0. The maximum Gasteiger partial charge on any atom is 0.185 e. The Kier molecular flexibility index (Phi) is 7.11. The minimum Gasteiger partial charge on any atom is -0.674 e. The summed E-state index contributed by atoms with van der Waals surface area (Å²) in [6.45, 7) is 5.65. The van der Waals surface area contributed by atoms with Crippen molar-refractivity contribution in [3.8, 4) is 0 Å². The molecule has 1 saturated heterocycles. The summed E-state index contributed by atoms with van der Waals surface area (Å²) in [4.78, 5) is 9.23. The molecule has 6 heteroatoms. The second-order valence-corrected chi connectivity index (χ2v) is 5.94. The third-order valence-corrected chi connectivity index (χ3v) is 4.53. The van der Waals surface area contributed by atoms with Gasteiger partial charge in [-0.1, -0.05) is 29.8 Å². The largest absolute Gasteiger partial charge is 0.674 e. The van der Waals surface area contributed by atoms with Crippen LogP contribution in [-0.2, 0) is 13.1 Å². The van der Waals surface area contributed by atoms with E-state index in [0.29, 0.717) is 6.54 Å². The first kappa shape index (κ1) is 17.4. The van der Waals surface area contributed by atoms with E-state index < -0.39 is 0 Å². The van der Waals surface area contributed by atoms with E-state index in [1.807, 2.05) is 11.6 Å². The summed E-state index contributed by atoms with van der Waals surface area (Å²) in [6.07, 6.45) is 1.88. The van der Waals surface area contributed by atoms with Crippen LogP contribution in [0.3, 0.4) is 0 Å². The first-order chi connectivity index (χ1) is 9.85. The van der Waals surface area contributed by atoms with Crippen molar-refractivity contribution in [2.75, 3.05) is 31.1 Å². The number of nitrogens with zero attached hydrogens (tertiary/aromatic N) is 3. The molecule has 21 heavy (non-hydrogen) atoms. The van der Waals surface area contributed by atoms with E-state index in [1.54, 1.807) is 11.3 Å². The van der Waals surface area contributed by atoms with Crippen LogP contribution in [-0.4, -0.2) is 36.1 Å². The molecule has 3 rings (SSSR count). The standard InChI is InChI=1S/C15H19N4S.Ac/c16-11-13-1-3-14(4-2-13)12-18-6-8-19(9-7-18)15-17-5-10-20-15;/h1-5,10,16H,6-9,11-12H2;/q-1;. The van der Waals surface area contributed by atoms with Crippen LogP contribution in [0.4, 0.5) is 5.13 Å². The Balaban J connectivity index is 0.00000161. The molecule has 0 unspecified atom stereocenters. The van der Waals surface area contributed by atoms with Crippen molar-refractivity contribution in [2.24, 2.45) is 0 Å². The molecule has 109 valence electrons. The maximum absolute atomic E-state index is 7.34. The van der Waals surface area contributed by atoms with E-state index in [4.69, 9.17) is 5.73 Å². The third kappa shape index (κ3) is 4.74. The molecular formula is C15H19AcN4S-. The van der Waals surface area contributed by atoms with Gasteiger partial charge < -0.3 is 10.6 Å². The Morgan fingerprint density at radius 1 is 1.05 bits per heavy atom. The number of thiazole rings is 1. The molecule has 0 spiro atoms. The molecule has 1 N–H and O–H groups in total. The van der Waals surface area contributed by atoms with E-state index in [0.717, 1.165) is 43.4 Å². The van der Waals surface area contributed by atoms with Gasteiger partial charge in [-0.2, -0.15) is 0 Å². The second kappa shape index (κ2) is 8.59. The average Bonchev–Trinajstić information content (AvgIpc) is 3.03. The summed E-state index contributed by atoms with van der Waals surface area (Å²) in [5.41, 5.74) is 9.76. The molecular weight excluding hydrogens is 495 g/mol. The van der Waals surface area contributed by atoms with Crippen molar-refractivity contribution in [3.63, 3.8) is 0 Å². The van der Waals surface area contributed by atoms with E-state index in [-0.39, 0.29) is 44.1 Å². The quantitative estimate of drug-likeness (QED) is 0.631. The number of nitrogens with one attached hydrogen (secondary N) is 1. The van der Waals surface area contributed by atoms with Crippen molar-refractivity contribution in [2.45, 2.75) is 13.1 Å². The van der Waals surface area contributed by atoms with Crippen molar-refractivity contribution in [1.82, 2.24) is 9.88 Å². The fraction of sp³-hybridized carbons (Fsp3) is 0.400. The van der Waals surface area contributed by atoms with E-state index in [2.05, 4.69) is 39.0 Å². The molecule has 2 aromatic rings. The number of aromatic nitrogens is 1. The van der Waals surface area contributed by atoms with Crippen molar-refractivity contribution in [3.05, 3.63) is 52.7 Å². The molecule has 0 amide bonds. The van der Waals surface area contributed by atoms with Crippen LogP contribution in [0.25, 0.3) is 5.73 Å². The molecule has 4 nitrogen and oxygen atoms in total. The number of benzene rings is 1. The molecule has 0 atom stereocenters. The number of piperazine rings is 1. The molecule has 0 aliphatic carbocycles. The number of hydrogen-bond donors (Lipinski definition) is 0. The number of hydrogen-bond acceptors (Lipinski definition) is 4. The normalized spacial score (nSPS) is 15.8. The van der Waals surface area contributed by atoms with Crippen molar-refractivity contribution >= 4 is 16.5 Å². The van der Waals surface area contributed by atoms with Gasteiger partial charge in [-0.25, -0.2) is 4.98 Å². The fourth-order valence-corrected chi connectivity index (χ4v) is 3.19. The Labute approximate surface area is 165 Å². The van der Waals surface area contributed by atoms with Crippen LogP contribution in [0.5, 0.6) is 0 Å².